The van der Waals surface area contributed by atoms with Crippen LogP contribution in [0.15, 0.2) is 11.4 Å². The largest absolute Gasteiger partial charge is 0.423 e. The molecule has 0 aliphatic carbocycles. The van der Waals surface area contributed by atoms with Gasteiger partial charge in [-0.25, -0.2) is 4.39 Å². The second kappa shape index (κ2) is 6.02. The maximum absolute atomic E-state index is 13.5. The second-order valence-corrected chi connectivity index (χ2v) is 4.02. The minimum atomic E-state index is -6.90. The molecule has 0 aliphatic heterocycles. The summed E-state index contributed by atoms with van der Waals surface area (Å²) in [5.74, 6) is -4.49. The Kier molecular flexibility index (Phi) is 5.70. The Bertz CT molecular complexity index is 416. The molecule has 0 unspecified atom stereocenters. The van der Waals surface area contributed by atoms with Crippen LogP contribution in [0.5, 0.6) is 0 Å². The van der Waals surface area contributed by atoms with Crippen LogP contribution in [0, 0.1) is 5.41 Å². The van der Waals surface area contributed by atoms with Gasteiger partial charge in [0.2, 0.25) is 5.41 Å². The van der Waals surface area contributed by atoms with Crippen LogP contribution < -0.4 is 0 Å². The summed E-state index contributed by atoms with van der Waals surface area (Å²) >= 11 is 0. The smallest absolute Gasteiger partial charge is 0.383 e. The van der Waals surface area contributed by atoms with Crippen molar-refractivity contribution in [2.75, 3.05) is 13.7 Å². The van der Waals surface area contributed by atoms with Gasteiger partial charge in [0.15, 0.2) is 5.57 Å². The first kappa shape index (κ1) is 21.8. The standard InChI is InChI=1S/C9H5F13O/c1-23-2-5(8(17,18)19,9(20,21)22)4(10)3(6(11,12)13)7(14,15)16/h2H2,1H3. The summed E-state index contributed by atoms with van der Waals surface area (Å²) in [4.78, 5) is 0. The molecule has 14 heteroatoms. The minimum Gasteiger partial charge on any atom is -0.383 e. The van der Waals surface area contributed by atoms with Crippen LogP contribution >= 0.6 is 0 Å². The van der Waals surface area contributed by atoms with Crippen LogP contribution in [-0.2, 0) is 4.74 Å². The molecule has 138 valence electrons. The molecule has 0 bridgehead atoms. The van der Waals surface area contributed by atoms with Crippen molar-refractivity contribution in [1.29, 1.82) is 0 Å². The van der Waals surface area contributed by atoms with Gasteiger partial charge in [0.25, 0.3) is 0 Å². The number of ether oxygens (including phenoxy) is 1. The molecule has 0 spiro atoms. The van der Waals surface area contributed by atoms with E-state index in [0.717, 1.165) is 0 Å². The van der Waals surface area contributed by atoms with Crippen molar-refractivity contribution in [1.82, 2.24) is 0 Å². The van der Waals surface area contributed by atoms with E-state index in [1.54, 1.807) is 0 Å². The molecule has 0 radical (unpaired) electrons. The van der Waals surface area contributed by atoms with E-state index in [2.05, 4.69) is 4.74 Å². The van der Waals surface area contributed by atoms with Crippen LogP contribution in [0.3, 0.4) is 0 Å². The average Bonchev–Trinajstić information content (AvgIpc) is 2.16. The lowest BCUT2D eigenvalue weighted by Gasteiger charge is -2.36. The first-order valence-electron chi connectivity index (χ1n) is 5.01. The molecule has 1 nitrogen and oxygen atoms in total. The van der Waals surface area contributed by atoms with E-state index < -0.39 is 48.1 Å². The highest BCUT2D eigenvalue weighted by Crippen LogP contribution is 2.58. The number of rotatable bonds is 3. The fourth-order valence-electron chi connectivity index (χ4n) is 1.48. The molecule has 0 N–H and O–H groups in total. The van der Waals surface area contributed by atoms with E-state index >= 15 is 0 Å². The van der Waals surface area contributed by atoms with Crippen molar-refractivity contribution >= 4 is 0 Å². The van der Waals surface area contributed by atoms with E-state index in [0.29, 0.717) is 0 Å². The SMILES string of the molecule is COCC(C(F)=C(C(F)(F)F)C(F)(F)F)(C(F)(F)F)C(F)(F)F. The van der Waals surface area contributed by atoms with E-state index in [1.165, 1.54) is 0 Å². The summed E-state index contributed by atoms with van der Waals surface area (Å²) < 4.78 is 166. The van der Waals surface area contributed by atoms with Gasteiger partial charge in [0.05, 0.1) is 6.61 Å². The van der Waals surface area contributed by atoms with Gasteiger partial charge in [-0.15, -0.1) is 0 Å². The van der Waals surface area contributed by atoms with Crippen molar-refractivity contribution in [3.8, 4) is 0 Å². The van der Waals surface area contributed by atoms with Crippen molar-refractivity contribution < 1.29 is 61.8 Å². The zero-order valence-corrected chi connectivity index (χ0v) is 10.5. The predicted octanol–water partition coefficient (Wildman–Crippen LogP) is 5.09. The number of methoxy groups -OCH3 is 1. The molecule has 0 atom stereocenters. The lowest BCUT2D eigenvalue weighted by Crippen LogP contribution is -2.55. The van der Waals surface area contributed by atoms with Crippen molar-refractivity contribution in [2.45, 2.75) is 24.7 Å². The maximum atomic E-state index is 13.5. The van der Waals surface area contributed by atoms with Gasteiger partial charge in [-0.2, -0.15) is 52.7 Å². The van der Waals surface area contributed by atoms with Crippen molar-refractivity contribution in [3.05, 3.63) is 11.4 Å². The summed E-state index contributed by atoms with van der Waals surface area (Å²) in [6, 6.07) is 0. The minimum absolute atomic E-state index is 0.111. The fourth-order valence-corrected chi connectivity index (χ4v) is 1.48. The molecule has 0 aromatic rings. The van der Waals surface area contributed by atoms with Crippen molar-refractivity contribution in [3.63, 3.8) is 0 Å². The molecule has 0 saturated heterocycles. The van der Waals surface area contributed by atoms with Gasteiger partial charge in [0, 0.05) is 7.11 Å². The van der Waals surface area contributed by atoms with Gasteiger partial charge in [-0.1, -0.05) is 0 Å². The predicted molar refractivity (Wildman–Crippen MR) is 46.7 cm³/mol. The summed E-state index contributed by atoms with van der Waals surface area (Å²) in [6.45, 7) is -2.87. The van der Waals surface area contributed by atoms with Gasteiger partial charge in [-0.05, 0) is 0 Å². The Balaban J connectivity index is 7.02. The van der Waals surface area contributed by atoms with Gasteiger partial charge >= 0.3 is 24.7 Å². The molecule has 0 aliphatic rings. The highest BCUT2D eigenvalue weighted by atomic mass is 19.4. The monoisotopic (exact) mass is 376 g/mol. The highest BCUT2D eigenvalue weighted by Gasteiger charge is 2.76. The number of alkyl halides is 12. The maximum Gasteiger partial charge on any atom is 0.423 e. The third-order valence-corrected chi connectivity index (χ3v) is 2.49. The van der Waals surface area contributed by atoms with E-state index in [9.17, 15) is 57.1 Å². The van der Waals surface area contributed by atoms with Crippen LogP contribution in [0.1, 0.15) is 0 Å². The van der Waals surface area contributed by atoms with Crippen LogP contribution in [-0.4, -0.2) is 38.4 Å². The molecule has 0 aromatic heterocycles. The lowest BCUT2D eigenvalue weighted by molar-refractivity contribution is -0.342. The van der Waals surface area contributed by atoms with E-state index in [-0.39, 0.29) is 7.11 Å². The number of halogens is 13. The molecule has 0 fully saturated rings. The normalized spacial score (nSPS) is 14.9. The Morgan fingerprint density at radius 1 is 0.696 bits per heavy atom. The molecule has 0 amide bonds. The molecular weight excluding hydrogens is 371 g/mol. The Morgan fingerprint density at radius 3 is 1.17 bits per heavy atom. The molecule has 23 heavy (non-hydrogen) atoms. The number of allylic oxidation sites excluding steroid dienone is 1. The topological polar surface area (TPSA) is 9.23 Å². The number of hydrogen-bond donors (Lipinski definition) is 0. The third kappa shape index (κ3) is 4.01. The lowest BCUT2D eigenvalue weighted by atomic mass is 9.83. The van der Waals surface area contributed by atoms with Gasteiger partial charge in [0.1, 0.15) is 5.83 Å². The molecule has 0 saturated carbocycles. The van der Waals surface area contributed by atoms with Crippen molar-refractivity contribution in [2.24, 2.45) is 5.41 Å². The van der Waals surface area contributed by atoms with Gasteiger partial charge in [-0.3, -0.25) is 0 Å². The van der Waals surface area contributed by atoms with E-state index in [1.807, 2.05) is 0 Å². The first-order valence-corrected chi connectivity index (χ1v) is 5.01. The number of hydrogen-bond acceptors (Lipinski definition) is 1. The third-order valence-electron chi connectivity index (χ3n) is 2.49. The van der Waals surface area contributed by atoms with Crippen LogP contribution in [0.4, 0.5) is 57.1 Å². The zero-order chi connectivity index (χ0) is 19.1. The Hall–Kier alpha value is -1.21. The summed E-state index contributed by atoms with van der Waals surface area (Å²) in [5.41, 5.74) is -10.7. The molecule has 0 rings (SSSR count). The average molecular weight is 376 g/mol. The molecule has 0 aromatic carbocycles. The fraction of sp³-hybridized carbons (Fsp3) is 0.778. The molecular formula is C9H5F13O. The van der Waals surface area contributed by atoms with Gasteiger partial charge < -0.3 is 4.74 Å². The molecule has 0 heterocycles. The van der Waals surface area contributed by atoms with Crippen LogP contribution in [0.2, 0.25) is 0 Å². The zero-order valence-electron chi connectivity index (χ0n) is 10.5. The second-order valence-electron chi connectivity index (χ2n) is 4.02. The Morgan fingerprint density at radius 2 is 1.00 bits per heavy atom. The Labute approximate surface area is 118 Å². The van der Waals surface area contributed by atoms with E-state index in [4.69, 9.17) is 0 Å². The summed E-state index contributed by atoms with van der Waals surface area (Å²) in [5, 5.41) is 0. The van der Waals surface area contributed by atoms with Crippen LogP contribution in [0.25, 0.3) is 0 Å². The summed E-state index contributed by atoms with van der Waals surface area (Å²) in [6.07, 6.45) is -27.5. The summed E-state index contributed by atoms with van der Waals surface area (Å²) in [7, 11) is 0.111. The highest BCUT2D eigenvalue weighted by molar-refractivity contribution is 5.28. The quantitative estimate of drug-likeness (QED) is 0.624. The first-order chi connectivity index (χ1) is 9.84.